The lowest BCUT2D eigenvalue weighted by molar-refractivity contribution is 0.372. The van der Waals surface area contributed by atoms with Crippen LogP contribution in [0.4, 0.5) is 5.69 Å². The van der Waals surface area contributed by atoms with E-state index in [1.54, 1.807) is 7.05 Å². The molecule has 0 spiro atoms. The number of nitriles is 1. The van der Waals surface area contributed by atoms with E-state index in [9.17, 15) is 0 Å². The van der Waals surface area contributed by atoms with Gasteiger partial charge in [0.05, 0.1) is 22.3 Å². The Morgan fingerprint density at radius 1 is 1.15 bits per heavy atom. The number of nitrogens with zero attached hydrogens (tertiary/aromatic N) is 4. The quantitative estimate of drug-likeness (QED) is 0.669. The van der Waals surface area contributed by atoms with Gasteiger partial charge in [0, 0.05) is 39.8 Å². The Kier molecular flexibility index (Phi) is 5.98. The van der Waals surface area contributed by atoms with Crippen LogP contribution in [0.1, 0.15) is 11.1 Å². The summed E-state index contributed by atoms with van der Waals surface area (Å²) in [5.41, 5.74) is 2.83. The molecule has 0 saturated carbocycles. The van der Waals surface area contributed by atoms with Gasteiger partial charge in [-0.1, -0.05) is 35.9 Å². The summed E-state index contributed by atoms with van der Waals surface area (Å²) in [6.07, 6.45) is 0. The Morgan fingerprint density at radius 3 is 2.62 bits per heavy atom. The number of hydrogen-bond acceptors (Lipinski definition) is 3. The first-order valence-electron chi connectivity index (χ1n) is 8.65. The zero-order chi connectivity index (χ0) is 18.4. The van der Waals surface area contributed by atoms with Crippen molar-refractivity contribution in [3.8, 4) is 6.07 Å². The molecule has 1 fully saturated rings. The van der Waals surface area contributed by atoms with Crippen LogP contribution < -0.4 is 10.2 Å². The lowest BCUT2D eigenvalue weighted by atomic mass is 10.1. The van der Waals surface area contributed by atoms with Crippen LogP contribution in [0, 0.1) is 11.3 Å². The van der Waals surface area contributed by atoms with E-state index in [0.717, 1.165) is 48.4 Å². The number of para-hydroxylation sites is 1. The molecule has 134 valence electrons. The third-order valence-electron chi connectivity index (χ3n) is 4.49. The van der Waals surface area contributed by atoms with Crippen molar-refractivity contribution in [1.29, 1.82) is 5.26 Å². The van der Waals surface area contributed by atoms with Crippen molar-refractivity contribution in [1.82, 2.24) is 10.2 Å². The third-order valence-corrected chi connectivity index (χ3v) is 4.81. The van der Waals surface area contributed by atoms with E-state index in [1.165, 1.54) is 0 Å². The number of nitrogens with one attached hydrogen (secondary N) is 1. The van der Waals surface area contributed by atoms with Gasteiger partial charge >= 0.3 is 0 Å². The van der Waals surface area contributed by atoms with Crippen molar-refractivity contribution in [2.24, 2.45) is 4.99 Å². The third kappa shape index (κ3) is 4.27. The molecule has 0 atom stereocenters. The fourth-order valence-electron chi connectivity index (χ4n) is 3.13. The minimum Gasteiger partial charge on any atom is -0.367 e. The maximum Gasteiger partial charge on any atom is 0.194 e. The number of hydrogen-bond donors (Lipinski definition) is 1. The van der Waals surface area contributed by atoms with Crippen LogP contribution in [0.3, 0.4) is 0 Å². The second-order valence-corrected chi connectivity index (χ2v) is 6.55. The largest absolute Gasteiger partial charge is 0.367 e. The molecule has 1 aliphatic rings. The number of rotatable bonds is 3. The molecule has 5 nitrogen and oxygen atoms in total. The van der Waals surface area contributed by atoms with Gasteiger partial charge < -0.3 is 15.1 Å². The molecule has 3 rings (SSSR count). The van der Waals surface area contributed by atoms with E-state index in [1.807, 2.05) is 42.5 Å². The summed E-state index contributed by atoms with van der Waals surface area (Å²) in [6, 6.07) is 17.8. The van der Waals surface area contributed by atoms with Gasteiger partial charge in [0.1, 0.15) is 0 Å². The van der Waals surface area contributed by atoms with Crippen LogP contribution in [0.2, 0.25) is 5.02 Å². The summed E-state index contributed by atoms with van der Waals surface area (Å²) >= 11 is 6.31. The van der Waals surface area contributed by atoms with Gasteiger partial charge in [-0.05, 0) is 29.8 Å². The molecule has 26 heavy (non-hydrogen) atoms. The summed E-state index contributed by atoms with van der Waals surface area (Å²) < 4.78 is 0. The fourth-order valence-corrected chi connectivity index (χ4v) is 3.39. The van der Waals surface area contributed by atoms with Gasteiger partial charge in [0.15, 0.2) is 5.96 Å². The lowest BCUT2D eigenvalue weighted by Crippen LogP contribution is -2.52. The number of aliphatic imine (C=N–C) groups is 1. The van der Waals surface area contributed by atoms with Crippen LogP contribution in [0.25, 0.3) is 0 Å². The van der Waals surface area contributed by atoms with E-state index in [2.05, 4.69) is 32.2 Å². The van der Waals surface area contributed by atoms with Gasteiger partial charge in [-0.3, -0.25) is 4.99 Å². The zero-order valence-corrected chi connectivity index (χ0v) is 15.6. The average molecular weight is 368 g/mol. The van der Waals surface area contributed by atoms with Crippen molar-refractivity contribution in [3.63, 3.8) is 0 Å². The lowest BCUT2D eigenvalue weighted by Gasteiger charge is -2.38. The van der Waals surface area contributed by atoms with E-state index in [0.29, 0.717) is 12.1 Å². The van der Waals surface area contributed by atoms with Crippen molar-refractivity contribution >= 4 is 23.2 Å². The van der Waals surface area contributed by atoms with Gasteiger partial charge in [-0.15, -0.1) is 0 Å². The van der Waals surface area contributed by atoms with Crippen molar-refractivity contribution in [2.45, 2.75) is 6.54 Å². The Balaban J connectivity index is 1.57. The minimum atomic E-state index is 0.646. The average Bonchev–Trinajstić information content (AvgIpc) is 2.69. The highest BCUT2D eigenvalue weighted by Crippen LogP contribution is 2.26. The number of benzene rings is 2. The summed E-state index contributed by atoms with van der Waals surface area (Å²) in [5.74, 6) is 0.881. The molecule has 1 saturated heterocycles. The van der Waals surface area contributed by atoms with Crippen molar-refractivity contribution in [2.75, 3.05) is 38.1 Å². The van der Waals surface area contributed by atoms with E-state index in [-0.39, 0.29) is 0 Å². The van der Waals surface area contributed by atoms with E-state index < -0.39 is 0 Å². The summed E-state index contributed by atoms with van der Waals surface area (Å²) in [7, 11) is 1.80. The van der Waals surface area contributed by atoms with E-state index in [4.69, 9.17) is 16.9 Å². The topological polar surface area (TPSA) is 54.7 Å². The van der Waals surface area contributed by atoms with Gasteiger partial charge in [0.25, 0.3) is 0 Å². The molecule has 1 heterocycles. The summed E-state index contributed by atoms with van der Waals surface area (Å²) in [4.78, 5) is 8.97. The Hall–Kier alpha value is -2.71. The molecular formula is C20H22ClN5. The first-order valence-corrected chi connectivity index (χ1v) is 9.03. The molecule has 1 aliphatic heterocycles. The van der Waals surface area contributed by atoms with Gasteiger partial charge in [0.2, 0.25) is 0 Å². The highest BCUT2D eigenvalue weighted by molar-refractivity contribution is 6.33. The normalized spacial score (nSPS) is 14.9. The van der Waals surface area contributed by atoms with Crippen LogP contribution in [0.5, 0.6) is 0 Å². The van der Waals surface area contributed by atoms with Crippen LogP contribution in [0.15, 0.2) is 53.5 Å². The number of guanidine groups is 1. The Bertz CT molecular complexity index is 819. The van der Waals surface area contributed by atoms with Crippen molar-refractivity contribution < 1.29 is 0 Å². The second-order valence-electron chi connectivity index (χ2n) is 6.14. The molecule has 0 aromatic heterocycles. The predicted molar refractivity (Wildman–Crippen MR) is 107 cm³/mol. The number of anilines is 1. The Morgan fingerprint density at radius 2 is 1.92 bits per heavy atom. The monoisotopic (exact) mass is 367 g/mol. The molecular weight excluding hydrogens is 346 g/mol. The molecule has 0 aliphatic carbocycles. The maximum absolute atomic E-state index is 9.01. The molecule has 0 amide bonds. The fraction of sp³-hybridized carbons (Fsp3) is 0.300. The summed E-state index contributed by atoms with van der Waals surface area (Å²) in [6.45, 7) is 4.20. The number of halogens is 1. The smallest absolute Gasteiger partial charge is 0.194 e. The van der Waals surface area contributed by atoms with Gasteiger partial charge in [-0.25, -0.2) is 0 Å². The SMILES string of the molecule is CN=C(NCc1cccc(C#N)c1)N1CCN(c2ccccc2Cl)CC1. The molecule has 1 N–H and O–H groups in total. The van der Waals surface area contributed by atoms with Gasteiger partial charge in [-0.2, -0.15) is 5.26 Å². The standard InChI is InChI=1S/C20H22ClN5/c1-23-20(24-15-17-6-4-5-16(13-17)14-22)26-11-9-25(10-12-26)19-8-3-2-7-18(19)21/h2-8,13H,9-12,15H2,1H3,(H,23,24). The minimum absolute atomic E-state index is 0.646. The van der Waals surface area contributed by atoms with Crippen molar-refractivity contribution in [3.05, 3.63) is 64.7 Å². The first-order chi connectivity index (χ1) is 12.7. The molecule has 2 aromatic carbocycles. The second kappa shape index (κ2) is 8.59. The maximum atomic E-state index is 9.01. The molecule has 0 radical (unpaired) electrons. The highest BCUT2D eigenvalue weighted by atomic mass is 35.5. The highest BCUT2D eigenvalue weighted by Gasteiger charge is 2.20. The van der Waals surface area contributed by atoms with E-state index >= 15 is 0 Å². The summed E-state index contributed by atoms with van der Waals surface area (Å²) in [5, 5.41) is 13.2. The Labute approximate surface area is 159 Å². The predicted octanol–water partition coefficient (Wildman–Crippen LogP) is 3.11. The molecule has 2 aromatic rings. The molecule has 0 bridgehead atoms. The zero-order valence-electron chi connectivity index (χ0n) is 14.8. The van der Waals surface area contributed by atoms with Crippen LogP contribution in [-0.4, -0.2) is 44.1 Å². The number of piperazine rings is 1. The van der Waals surface area contributed by atoms with Crippen LogP contribution >= 0.6 is 11.6 Å². The molecule has 6 heteroatoms. The molecule has 0 unspecified atom stereocenters. The van der Waals surface area contributed by atoms with Crippen LogP contribution in [-0.2, 0) is 6.54 Å². The first kappa shape index (κ1) is 18.1.